The van der Waals surface area contributed by atoms with E-state index >= 15 is 0 Å². The first-order chi connectivity index (χ1) is 9.67. The normalized spacial score (nSPS) is 12.6. The van der Waals surface area contributed by atoms with Crippen LogP contribution in [-0.2, 0) is 19.9 Å². The van der Waals surface area contributed by atoms with Crippen LogP contribution < -0.4 is 5.32 Å². The Morgan fingerprint density at radius 2 is 1.95 bits per heavy atom. The first-order valence-corrected chi connectivity index (χ1v) is 7.49. The Morgan fingerprint density at radius 3 is 2.55 bits per heavy atom. The van der Waals surface area contributed by atoms with Crippen LogP contribution in [0.25, 0.3) is 0 Å². The third kappa shape index (κ3) is 4.66. The van der Waals surface area contributed by atoms with Crippen molar-refractivity contribution in [2.24, 2.45) is 13.0 Å². The fourth-order valence-electron chi connectivity index (χ4n) is 2.39. The molecule has 0 aliphatic heterocycles. The number of rotatable bonds is 7. The summed E-state index contributed by atoms with van der Waals surface area (Å²) in [5.74, 6) is 0.547. The maximum absolute atomic E-state index is 5.94. The number of nitrogens with one attached hydrogen (secondary N) is 1. The molecule has 0 fully saturated rings. The molecule has 1 aromatic carbocycles. The molecule has 0 saturated heterocycles. The van der Waals surface area contributed by atoms with Crippen molar-refractivity contribution in [2.45, 2.75) is 19.8 Å². The fraction of sp³-hybridized carbons (Fsp3) is 0.438. The van der Waals surface area contributed by atoms with Crippen LogP contribution >= 0.6 is 11.6 Å². The van der Waals surface area contributed by atoms with Gasteiger partial charge in [0.05, 0.1) is 5.69 Å². The summed E-state index contributed by atoms with van der Waals surface area (Å²) in [5, 5.41) is 8.72. The topological polar surface area (TPSA) is 29.9 Å². The van der Waals surface area contributed by atoms with Gasteiger partial charge in [-0.25, -0.2) is 0 Å². The maximum atomic E-state index is 5.94. The lowest BCUT2D eigenvalue weighted by molar-refractivity contribution is 0.471. The molecular weight excluding hydrogens is 270 g/mol. The average Bonchev–Trinajstić information content (AvgIpc) is 2.84. The lowest BCUT2D eigenvalue weighted by atomic mass is 9.94. The second-order valence-electron chi connectivity index (χ2n) is 5.19. The van der Waals surface area contributed by atoms with E-state index in [4.69, 9.17) is 11.6 Å². The molecule has 0 aliphatic rings. The van der Waals surface area contributed by atoms with E-state index < -0.39 is 0 Å². The number of nitrogens with zero attached hydrogens (tertiary/aromatic N) is 2. The van der Waals surface area contributed by atoms with Crippen molar-refractivity contribution in [1.82, 2.24) is 15.1 Å². The van der Waals surface area contributed by atoms with Crippen molar-refractivity contribution in [2.75, 3.05) is 13.1 Å². The van der Waals surface area contributed by atoms with Gasteiger partial charge in [-0.05, 0) is 55.6 Å². The highest BCUT2D eigenvalue weighted by molar-refractivity contribution is 6.30. The van der Waals surface area contributed by atoms with Gasteiger partial charge in [0, 0.05) is 18.3 Å². The highest BCUT2D eigenvalue weighted by atomic mass is 35.5. The van der Waals surface area contributed by atoms with E-state index in [0.717, 1.165) is 36.6 Å². The maximum Gasteiger partial charge on any atom is 0.0627 e. The molecular formula is C16H22ClN3. The van der Waals surface area contributed by atoms with E-state index in [9.17, 15) is 0 Å². The second-order valence-corrected chi connectivity index (χ2v) is 5.63. The predicted molar refractivity (Wildman–Crippen MR) is 84.1 cm³/mol. The summed E-state index contributed by atoms with van der Waals surface area (Å²) in [4.78, 5) is 0. The van der Waals surface area contributed by atoms with E-state index in [1.165, 1.54) is 5.56 Å². The molecule has 2 aromatic rings. The number of benzene rings is 1. The van der Waals surface area contributed by atoms with Crippen molar-refractivity contribution in [3.05, 3.63) is 52.8 Å². The van der Waals surface area contributed by atoms with Crippen LogP contribution in [0.3, 0.4) is 0 Å². The fourth-order valence-corrected chi connectivity index (χ4v) is 2.51. The van der Waals surface area contributed by atoms with Crippen LogP contribution in [0.1, 0.15) is 18.2 Å². The highest BCUT2D eigenvalue weighted by Gasteiger charge is 2.12. The molecule has 20 heavy (non-hydrogen) atoms. The molecule has 1 aromatic heterocycles. The summed E-state index contributed by atoms with van der Waals surface area (Å²) in [6.07, 6.45) is 4.04. The molecule has 1 unspecified atom stereocenters. The van der Waals surface area contributed by atoms with E-state index in [1.807, 2.05) is 30.1 Å². The number of hydrogen-bond donors (Lipinski definition) is 1. The Balaban J connectivity index is 2.00. The first-order valence-electron chi connectivity index (χ1n) is 7.11. The number of aromatic nitrogens is 2. The molecule has 0 amide bonds. The van der Waals surface area contributed by atoms with Crippen molar-refractivity contribution < 1.29 is 0 Å². The van der Waals surface area contributed by atoms with E-state index in [0.29, 0.717) is 5.92 Å². The van der Waals surface area contributed by atoms with Gasteiger partial charge >= 0.3 is 0 Å². The van der Waals surface area contributed by atoms with Gasteiger partial charge < -0.3 is 5.32 Å². The SMILES string of the molecule is CCNCC(Cc1ccc(Cl)cc1)Cc1ccn(C)n1. The lowest BCUT2D eigenvalue weighted by Gasteiger charge is -2.16. The van der Waals surface area contributed by atoms with Gasteiger partial charge in [-0.15, -0.1) is 0 Å². The van der Waals surface area contributed by atoms with Gasteiger partial charge in [-0.1, -0.05) is 30.7 Å². The molecule has 1 heterocycles. The van der Waals surface area contributed by atoms with Gasteiger partial charge in [0.2, 0.25) is 0 Å². The zero-order valence-corrected chi connectivity index (χ0v) is 12.9. The lowest BCUT2D eigenvalue weighted by Crippen LogP contribution is -2.25. The van der Waals surface area contributed by atoms with Gasteiger partial charge in [0.25, 0.3) is 0 Å². The molecule has 3 nitrogen and oxygen atoms in total. The van der Waals surface area contributed by atoms with E-state index in [2.05, 4.69) is 35.5 Å². The van der Waals surface area contributed by atoms with Gasteiger partial charge in [-0.3, -0.25) is 4.68 Å². The van der Waals surface area contributed by atoms with Crippen molar-refractivity contribution in [1.29, 1.82) is 0 Å². The molecule has 108 valence electrons. The molecule has 2 rings (SSSR count). The second kappa shape index (κ2) is 7.46. The van der Waals surface area contributed by atoms with Gasteiger partial charge in [0.15, 0.2) is 0 Å². The van der Waals surface area contributed by atoms with Crippen LogP contribution in [0.4, 0.5) is 0 Å². The number of hydrogen-bond acceptors (Lipinski definition) is 2. The first kappa shape index (κ1) is 15.1. The standard InChI is InChI=1S/C16H22ClN3/c1-3-18-12-14(11-16-8-9-20(2)19-16)10-13-4-6-15(17)7-5-13/h4-9,14,18H,3,10-12H2,1-2H3. The summed E-state index contributed by atoms with van der Waals surface area (Å²) < 4.78 is 1.86. The van der Waals surface area contributed by atoms with Crippen LogP contribution in [0, 0.1) is 5.92 Å². The van der Waals surface area contributed by atoms with Crippen molar-refractivity contribution >= 4 is 11.6 Å². The molecule has 4 heteroatoms. The molecule has 1 N–H and O–H groups in total. The molecule has 0 bridgehead atoms. The third-order valence-corrected chi connectivity index (χ3v) is 3.64. The van der Waals surface area contributed by atoms with Crippen LogP contribution in [-0.4, -0.2) is 22.9 Å². The molecule has 1 atom stereocenters. The van der Waals surface area contributed by atoms with Crippen LogP contribution in [0.5, 0.6) is 0 Å². The van der Waals surface area contributed by atoms with Gasteiger partial charge in [0.1, 0.15) is 0 Å². The number of aryl methyl sites for hydroxylation is 1. The minimum atomic E-state index is 0.547. The van der Waals surface area contributed by atoms with Crippen molar-refractivity contribution in [3.8, 4) is 0 Å². The van der Waals surface area contributed by atoms with E-state index in [-0.39, 0.29) is 0 Å². The summed E-state index contributed by atoms with van der Waals surface area (Å²) in [6, 6.07) is 10.2. The van der Waals surface area contributed by atoms with E-state index in [1.54, 1.807) is 0 Å². The largest absolute Gasteiger partial charge is 0.317 e. The molecule has 0 spiro atoms. The summed E-state index contributed by atoms with van der Waals surface area (Å²) in [5.41, 5.74) is 2.48. The Kier molecular flexibility index (Phi) is 5.62. The molecule has 0 aliphatic carbocycles. The smallest absolute Gasteiger partial charge is 0.0627 e. The zero-order valence-electron chi connectivity index (χ0n) is 12.1. The Hall–Kier alpha value is -1.32. The third-order valence-electron chi connectivity index (χ3n) is 3.39. The summed E-state index contributed by atoms with van der Waals surface area (Å²) in [6.45, 7) is 4.15. The van der Waals surface area contributed by atoms with Crippen LogP contribution in [0.15, 0.2) is 36.5 Å². The average molecular weight is 292 g/mol. The minimum Gasteiger partial charge on any atom is -0.317 e. The summed E-state index contributed by atoms with van der Waals surface area (Å²) >= 11 is 5.94. The predicted octanol–water partition coefficient (Wildman–Crippen LogP) is 3.08. The van der Waals surface area contributed by atoms with Crippen LogP contribution in [0.2, 0.25) is 5.02 Å². The monoisotopic (exact) mass is 291 g/mol. The Labute approximate surface area is 126 Å². The summed E-state index contributed by atoms with van der Waals surface area (Å²) in [7, 11) is 1.96. The molecule has 0 radical (unpaired) electrons. The zero-order chi connectivity index (χ0) is 14.4. The number of halogens is 1. The van der Waals surface area contributed by atoms with Crippen molar-refractivity contribution in [3.63, 3.8) is 0 Å². The quantitative estimate of drug-likeness (QED) is 0.849. The molecule has 0 saturated carbocycles. The minimum absolute atomic E-state index is 0.547. The Morgan fingerprint density at radius 1 is 1.20 bits per heavy atom. The Bertz CT molecular complexity index is 519. The highest BCUT2D eigenvalue weighted by Crippen LogP contribution is 2.16. The van der Waals surface area contributed by atoms with Gasteiger partial charge in [-0.2, -0.15) is 5.10 Å².